The minimum atomic E-state index is -0.748. The number of hydrogen-bond donors (Lipinski definition) is 2. The van der Waals surface area contributed by atoms with Gasteiger partial charge in [0.25, 0.3) is 5.91 Å². The highest BCUT2D eigenvalue weighted by atomic mass is 16.5. The Balaban J connectivity index is 1.47. The number of nitrogens with zero attached hydrogens (tertiary/aromatic N) is 2. The van der Waals surface area contributed by atoms with Crippen LogP contribution in [-0.2, 0) is 20.8 Å². The highest BCUT2D eigenvalue weighted by Crippen LogP contribution is 2.17. The zero-order chi connectivity index (χ0) is 19.2. The van der Waals surface area contributed by atoms with E-state index in [-0.39, 0.29) is 11.4 Å². The first-order valence-corrected chi connectivity index (χ1v) is 8.60. The van der Waals surface area contributed by atoms with Gasteiger partial charge in [0, 0.05) is 25.3 Å². The van der Waals surface area contributed by atoms with Crippen LogP contribution in [0.2, 0.25) is 0 Å². The fourth-order valence-electron chi connectivity index (χ4n) is 2.75. The summed E-state index contributed by atoms with van der Waals surface area (Å²) in [5, 5.41) is 6.25. The molecule has 0 saturated carbocycles. The molecule has 0 bridgehead atoms. The summed E-state index contributed by atoms with van der Waals surface area (Å²) in [4.78, 5) is 26.2. The predicted octanol–water partition coefficient (Wildman–Crippen LogP) is 1.19. The van der Waals surface area contributed by atoms with E-state index in [1.807, 2.05) is 24.3 Å². The lowest BCUT2D eigenvalue weighted by Gasteiger charge is -2.26. The zero-order valence-corrected chi connectivity index (χ0v) is 15.1. The molecule has 1 amide bonds. The lowest BCUT2D eigenvalue weighted by atomic mass is 10.2. The van der Waals surface area contributed by atoms with Crippen molar-refractivity contribution in [3.8, 4) is 0 Å². The largest absolute Gasteiger partial charge is 0.452 e. The van der Waals surface area contributed by atoms with Crippen molar-refractivity contribution < 1.29 is 23.6 Å². The average Bonchev–Trinajstić information content (AvgIpc) is 3.01. The molecule has 1 aromatic carbocycles. The Hall–Kier alpha value is -2.91. The highest BCUT2D eigenvalue weighted by molar-refractivity contribution is 5.98. The Morgan fingerprint density at radius 3 is 2.59 bits per heavy atom. The molecule has 3 rings (SSSR count). The van der Waals surface area contributed by atoms with E-state index in [0.717, 1.165) is 38.4 Å². The van der Waals surface area contributed by atoms with Crippen LogP contribution >= 0.6 is 0 Å². The molecular weight excluding hydrogens is 352 g/mol. The summed E-state index contributed by atoms with van der Waals surface area (Å²) in [7, 11) is 0. The maximum atomic E-state index is 12.0. The number of anilines is 2. The van der Waals surface area contributed by atoms with Crippen LogP contribution in [0, 0.1) is 6.92 Å². The van der Waals surface area contributed by atoms with Crippen molar-refractivity contribution in [2.45, 2.75) is 13.5 Å². The average molecular weight is 374 g/mol. The molecule has 2 heterocycles. The van der Waals surface area contributed by atoms with Crippen LogP contribution in [0.15, 0.2) is 28.8 Å². The molecule has 1 fully saturated rings. The number of nitrogens with one attached hydrogen (secondary N) is 1. The number of carbonyl (C=O) groups is 2. The first-order valence-electron chi connectivity index (χ1n) is 8.60. The Kier molecular flexibility index (Phi) is 6.05. The molecule has 0 aliphatic carbocycles. The number of nitrogen functional groups attached to an aromatic ring is 1. The SMILES string of the molecule is Cc1noc(N)c1C(=O)OCC(=O)Nc1ccc(CN2CCOCC2)cc1. The number of esters is 1. The molecule has 9 heteroatoms. The Labute approximate surface area is 156 Å². The van der Waals surface area contributed by atoms with Gasteiger partial charge in [-0.25, -0.2) is 4.79 Å². The van der Waals surface area contributed by atoms with Crippen LogP contribution in [0.25, 0.3) is 0 Å². The van der Waals surface area contributed by atoms with Crippen LogP contribution < -0.4 is 11.1 Å². The number of aromatic nitrogens is 1. The summed E-state index contributed by atoms with van der Waals surface area (Å²) in [6.07, 6.45) is 0. The fourth-order valence-corrected chi connectivity index (χ4v) is 2.75. The van der Waals surface area contributed by atoms with Crippen LogP contribution in [0.4, 0.5) is 11.6 Å². The van der Waals surface area contributed by atoms with Gasteiger partial charge in [0.2, 0.25) is 5.88 Å². The molecule has 0 radical (unpaired) electrons. The number of benzene rings is 1. The molecule has 27 heavy (non-hydrogen) atoms. The van der Waals surface area contributed by atoms with Crippen LogP contribution in [-0.4, -0.2) is 54.8 Å². The monoisotopic (exact) mass is 374 g/mol. The maximum Gasteiger partial charge on any atom is 0.346 e. The van der Waals surface area contributed by atoms with Crippen molar-refractivity contribution in [1.82, 2.24) is 10.1 Å². The number of amides is 1. The minimum absolute atomic E-state index is 0.0373. The molecule has 1 aromatic heterocycles. The second-order valence-corrected chi connectivity index (χ2v) is 6.22. The molecule has 9 nitrogen and oxygen atoms in total. The van der Waals surface area contributed by atoms with Crippen molar-refractivity contribution >= 4 is 23.4 Å². The van der Waals surface area contributed by atoms with Crippen LogP contribution in [0.1, 0.15) is 21.6 Å². The third kappa shape index (κ3) is 5.05. The maximum absolute atomic E-state index is 12.0. The van der Waals surface area contributed by atoms with E-state index in [4.69, 9.17) is 19.7 Å². The second-order valence-electron chi connectivity index (χ2n) is 6.22. The van der Waals surface area contributed by atoms with Crippen molar-refractivity contribution in [2.24, 2.45) is 0 Å². The van der Waals surface area contributed by atoms with Gasteiger partial charge in [0.05, 0.1) is 18.9 Å². The third-order valence-electron chi connectivity index (χ3n) is 4.18. The molecule has 0 spiro atoms. The van der Waals surface area contributed by atoms with Gasteiger partial charge in [-0.15, -0.1) is 0 Å². The first-order chi connectivity index (χ1) is 13.0. The first kappa shape index (κ1) is 18.9. The Morgan fingerprint density at radius 1 is 1.26 bits per heavy atom. The quantitative estimate of drug-likeness (QED) is 0.724. The van der Waals surface area contributed by atoms with E-state index >= 15 is 0 Å². The van der Waals surface area contributed by atoms with Crippen LogP contribution in [0.3, 0.4) is 0 Å². The zero-order valence-electron chi connectivity index (χ0n) is 15.1. The van der Waals surface area contributed by atoms with Gasteiger partial charge in [-0.05, 0) is 24.6 Å². The van der Waals surface area contributed by atoms with Crippen molar-refractivity contribution in [3.63, 3.8) is 0 Å². The molecule has 144 valence electrons. The summed E-state index contributed by atoms with van der Waals surface area (Å²) in [6, 6.07) is 7.55. The normalized spacial score (nSPS) is 14.7. The fraction of sp³-hybridized carbons (Fsp3) is 0.389. The molecule has 2 aromatic rings. The van der Waals surface area contributed by atoms with E-state index in [1.165, 1.54) is 0 Å². The molecule has 1 aliphatic heterocycles. The number of aryl methyl sites for hydroxylation is 1. The summed E-state index contributed by atoms with van der Waals surface area (Å²) in [5.41, 5.74) is 7.64. The Morgan fingerprint density at radius 2 is 1.96 bits per heavy atom. The number of rotatable bonds is 6. The molecule has 3 N–H and O–H groups in total. The lowest BCUT2D eigenvalue weighted by molar-refractivity contribution is -0.119. The van der Waals surface area contributed by atoms with E-state index in [1.54, 1.807) is 6.92 Å². The van der Waals surface area contributed by atoms with Gasteiger partial charge in [-0.2, -0.15) is 0 Å². The van der Waals surface area contributed by atoms with Gasteiger partial charge in [0.1, 0.15) is 5.56 Å². The van der Waals surface area contributed by atoms with Gasteiger partial charge < -0.3 is 25.0 Å². The van der Waals surface area contributed by atoms with Gasteiger partial charge in [-0.3, -0.25) is 9.69 Å². The number of hydrogen-bond acceptors (Lipinski definition) is 8. The van der Waals surface area contributed by atoms with Crippen molar-refractivity contribution in [2.75, 3.05) is 44.0 Å². The van der Waals surface area contributed by atoms with Crippen LogP contribution in [0.5, 0.6) is 0 Å². The van der Waals surface area contributed by atoms with Gasteiger partial charge in [-0.1, -0.05) is 17.3 Å². The molecule has 0 unspecified atom stereocenters. The standard InChI is InChI=1S/C18H22N4O5/c1-12-16(17(19)27-21-12)18(24)26-11-15(23)20-14-4-2-13(3-5-14)10-22-6-8-25-9-7-22/h2-5H,6-11,19H2,1H3,(H,20,23). The predicted molar refractivity (Wildman–Crippen MR) is 97.1 cm³/mol. The molecule has 0 atom stereocenters. The number of morpholine rings is 1. The number of carbonyl (C=O) groups excluding carboxylic acids is 2. The summed E-state index contributed by atoms with van der Waals surface area (Å²) in [5.74, 6) is -1.33. The van der Waals surface area contributed by atoms with E-state index < -0.39 is 18.5 Å². The lowest BCUT2D eigenvalue weighted by Crippen LogP contribution is -2.35. The molecule has 1 saturated heterocycles. The smallest absolute Gasteiger partial charge is 0.346 e. The third-order valence-corrected chi connectivity index (χ3v) is 4.18. The topological polar surface area (TPSA) is 120 Å². The van der Waals surface area contributed by atoms with Crippen molar-refractivity contribution in [3.05, 3.63) is 41.1 Å². The second kappa shape index (κ2) is 8.65. The molecule has 1 aliphatic rings. The summed E-state index contributed by atoms with van der Waals surface area (Å²) >= 11 is 0. The van der Waals surface area contributed by atoms with E-state index in [0.29, 0.717) is 11.4 Å². The van der Waals surface area contributed by atoms with Crippen molar-refractivity contribution in [1.29, 1.82) is 0 Å². The minimum Gasteiger partial charge on any atom is -0.452 e. The Bertz CT molecular complexity index is 777. The van der Waals surface area contributed by atoms with E-state index in [9.17, 15) is 9.59 Å². The summed E-state index contributed by atoms with van der Waals surface area (Å²) < 4.78 is 15.0. The molecular formula is C18H22N4O5. The van der Waals surface area contributed by atoms with E-state index in [2.05, 4.69) is 15.4 Å². The number of nitrogens with two attached hydrogens (primary N) is 1. The van der Waals surface area contributed by atoms with Gasteiger partial charge in [0.15, 0.2) is 6.61 Å². The summed E-state index contributed by atoms with van der Waals surface area (Å²) in [6.45, 7) is 5.32. The van der Waals surface area contributed by atoms with Gasteiger partial charge >= 0.3 is 5.97 Å². The highest BCUT2D eigenvalue weighted by Gasteiger charge is 2.20. The number of ether oxygens (including phenoxy) is 2.